The number of ether oxygens (including phenoxy) is 1. The fourth-order valence-electron chi connectivity index (χ4n) is 2.49. The molecule has 0 bridgehead atoms. The normalized spacial score (nSPS) is 20.3. The number of aromatic nitrogens is 1. The fourth-order valence-corrected chi connectivity index (χ4v) is 2.49. The molecule has 7 heteroatoms. The summed E-state index contributed by atoms with van der Waals surface area (Å²) in [7, 11) is -0.735. The third kappa shape index (κ3) is 3.72. The Hall–Kier alpha value is -1.47. The Balaban J connectivity index is 2.32. The predicted molar refractivity (Wildman–Crippen MR) is 84.3 cm³/mol. The van der Waals surface area contributed by atoms with Gasteiger partial charge in [-0.05, 0) is 46.2 Å². The molecule has 0 amide bonds. The molecule has 1 saturated heterocycles. The lowest BCUT2D eigenvalue weighted by Gasteiger charge is -2.32. The summed E-state index contributed by atoms with van der Waals surface area (Å²) in [5.41, 5.74) is -0.783. The van der Waals surface area contributed by atoms with Crippen LogP contribution in [0.2, 0.25) is 0 Å². The number of halogens is 1. The molecule has 126 valence electrons. The fraction of sp³-hybridized carbons (Fsp3) is 0.625. The van der Waals surface area contributed by atoms with Crippen LogP contribution in [-0.4, -0.2) is 35.9 Å². The number of carbonyl (C=O) groups is 1. The number of carbonyl (C=O) groups excluding carboxylic acids is 1. The van der Waals surface area contributed by atoms with Gasteiger partial charge in [0, 0.05) is 12.0 Å². The van der Waals surface area contributed by atoms with Crippen molar-refractivity contribution in [3.05, 3.63) is 29.8 Å². The van der Waals surface area contributed by atoms with Gasteiger partial charge in [-0.1, -0.05) is 0 Å². The number of rotatable bonds is 5. The first-order valence-electron chi connectivity index (χ1n) is 7.78. The third-order valence-corrected chi connectivity index (χ3v) is 4.50. The molecule has 0 N–H and O–H groups in total. The molecule has 0 spiro atoms. The zero-order valence-electron chi connectivity index (χ0n) is 14.3. The molecule has 1 aromatic heterocycles. The van der Waals surface area contributed by atoms with Gasteiger partial charge < -0.3 is 14.0 Å². The number of esters is 1. The largest absolute Gasteiger partial charge is 0.466 e. The van der Waals surface area contributed by atoms with Crippen molar-refractivity contribution < 1.29 is 23.2 Å². The van der Waals surface area contributed by atoms with E-state index in [1.807, 2.05) is 27.7 Å². The van der Waals surface area contributed by atoms with Crippen molar-refractivity contribution in [1.29, 1.82) is 0 Å². The van der Waals surface area contributed by atoms with E-state index in [4.69, 9.17) is 14.0 Å². The van der Waals surface area contributed by atoms with Gasteiger partial charge in [0.25, 0.3) is 0 Å². The van der Waals surface area contributed by atoms with E-state index in [0.717, 1.165) is 6.20 Å². The smallest absolute Gasteiger partial charge is 0.466 e. The van der Waals surface area contributed by atoms with Crippen LogP contribution < -0.4 is 0 Å². The standard InChI is InChI=1S/C16H23BFNO4/c1-6-21-14(20)9-12(11-7-8-19-10-13(11)18)17-22-15(2,3)16(4,5)23-17/h7-8,10,12H,6,9H2,1-5H3. The number of hydrogen-bond acceptors (Lipinski definition) is 5. The van der Waals surface area contributed by atoms with E-state index in [2.05, 4.69) is 4.98 Å². The van der Waals surface area contributed by atoms with Crippen molar-refractivity contribution in [2.24, 2.45) is 0 Å². The van der Waals surface area contributed by atoms with Crippen LogP contribution in [-0.2, 0) is 18.8 Å². The van der Waals surface area contributed by atoms with Gasteiger partial charge in [0.15, 0.2) is 0 Å². The molecule has 1 aliphatic heterocycles. The Morgan fingerprint density at radius 1 is 1.35 bits per heavy atom. The molecule has 1 aromatic rings. The third-order valence-electron chi connectivity index (χ3n) is 4.50. The molecule has 0 aliphatic carbocycles. The summed E-state index contributed by atoms with van der Waals surface area (Å²) in [6, 6.07) is 1.55. The van der Waals surface area contributed by atoms with Crippen molar-refractivity contribution in [1.82, 2.24) is 4.98 Å². The maximum Gasteiger partial charge on any atom is 0.466 e. The summed E-state index contributed by atoms with van der Waals surface area (Å²) in [6.07, 6.45) is 2.59. The van der Waals surface area contributed by atoms with E-state index in [0.29, 0.717) is 5.56 Å². The average Bonchev–Trinajstić information content (AvgIpc) is 2.66. The van der Waals surface area contributed by atoms with Gasteiger partial charge in [-0.25, -0.2) is 4.39 Å². The Kier molecular flexibility index (Phi) is 5.11. The monoisotopic (exact) mass is 323 g/mol. The van der Waals surface area contributed by atoms with E-state index >= 15 is 0 Å². The zero-order valence-corrected chi connectivity index (χ0v) is 14.3. The average molecular weight is 323 g/mol. The summed E-state index contributed by atoms with van der Waals surface area (Å²) >= 11 is 0. The lowest BCUT2D eigenvalue weighted by Crippen LogP contribution is -2.41. The van der Waals surface area contributed by atoms with Gasteiger partial charge in [0.1, 0.15) is 5.82 Å². The molecular formula is C16H23BFNO4. The van der Waals surface area contributed by atoms with Gasteiger partial charge in [-0.2, -0.15) is 0 Å². The maximum atomic E-state index is 14.2. The Bertz CT molecular complexity index is 563. The molecule has 5 nitrogen and oxygen atoms in total. The maximum absolute atomic E-state index is 14.2. The first-order valence-corrected chi connectivity index (χ1v) is 7.78. The summed E-state index contributed by atoms with van der Waals surface area (Å²) in [5, 5.41) is 0. The van der Waals surface area contributed by atoms with Crippen LogP contribution in [0.5, 0.6) is 0 Å². The van der Waals surface area contributed by atoms with Crippen LogP contribution in [0, 0.1) is 5.82 Å². The van der Waals surface area contributed by atoms with Crippen LogP contribution in [0.3, 0.4) is 0 Å². The summed E-state index contributed by atoms with van der Waals surface area (Å²) in [4.78, 5) is 15.7. The molecule has 0 radical (unpaired) electrons. The second-order valence-electron chi connectivity index (χ2n) is 6.64. The molecule has 23 heavy (non-hydrogen) atoms. The van der Waals surface area contributed by atoms with Crippen molar-refractivity contribution in [3.63, 3.8) is 0 Å². The zero-order chi connectivity index (χ0) is 17.3. The van der Waals surface area contributed by atoms with E-state index in [9.17, 15) is 9.18 Å². The van der Waals surface area contributed by atoms with Crippen molar-refractivity contribution in [2.45, 2.75) is 58.1 Å². The topological polar surface area (TPSA) is 57.7 Å². The highest BCUT2D eigenvalue weighted by Gasteiger charge is 2.54. The highest BCUT2D eigenvalue weighted by Crippen LogP contribution is 2.42. The van der Waals surface area contributed by atoms with Gasteiger partial charge in [-0.3, -0.25) is 9.78 Å². The minimum atomic E-state index is -0.735. The second-order valence-corrected chi connectivity index (χ2v) is 6.64. The van der Waals surface area contributed by atoms with Crippen LogP contribution in [0.4, 0.5) is 4.39 Å². The van der Waals surface area contributed by atoms with Crippen molar-refractivity contribution in [3.8, 4) is 0 Å². The molecular weight excluding hydrogens is 300 g/mol. The second kappa shape index (κ2) is 6.57. The summed E-state index contributed by atoms with van der Waals surface area (Å²) in [5.74, 6) is -1.50. The highest BCUT2D eigenvalue weighted by atomic mass is 19.1. The predicted octanol–water partition coefficient (Wildman–Crippen LogP) is 2.89. The molecule has 1 unspecified atom stereocenters. The van der Waals surface area contributed by atoms with E-state index in [-0.39, 0.29) is 13.0 Å². The minimum Gasteiger partial charge on any atom is -0.466 e. The first kappa shape index (κ1) is 17.9. The number of hydrogen-bond donors (Lipinski definition) is 0. The number of nitrogens with zero attached hydrogens (tertiary/aromatic N) is 1. The lowest BCUT2D eigenvalue weighted by molar-refractivity contribution is -0.143. The molecule has 2 rings (SSSR count). The van der Waals surface area contributed by atoms with Crippen LogP contribution in [0.15, 0.2) is 18.5 Å². The van der Waals surface area contributed by atoms with Gasteiger partial charge in [-0.15, -0.1) is 0 Å². The van der Waals surface area contributed by atoms with E-state index in [1.165, 1.54) is 6.20 Å². The SMILES string of the molecule is CCOC(=O)CC(B1OC(C)(C)C(C)(C)O1)c1ccncc1F. The van der Waals surface area contributed by atoms with Crippen LogP contribution in [0.1, 0.15) is 52.4 Å². The molecule has 2 heterocycles. The first-order chi connectivity index (χ1) is 10.7. The quantitative estimate of drug-likeness (QED) is 0.616. The van der Waals surface area contributed by atoms with E-state index in [1.54, 1.807) is 13.0 Å². The number of pyridine rings is 1. The molecule has 0 saturated carbocycles. The molecule has 1 aliphatic rings. The summed E-state index contributed by atoms with van der Waals surface area (Å²) < 4.78 is 31.2. The van der Waals surface area contributed by atoms with Crippen LogP contribution in [0.25, 0.3) is 0 Å². The lowest BCUT2D eigenvalue weighted by atomic mass is 9.66. The molecule has 0 aromatic carbocycles. The Labute approximate surface area is 136 Å². The molecule has 1 atom stereocenters. The van der Waals surface area contributed by atoms with Gasteiger partial charge in [0.05, 0.1) is 30.4 Å². The Morgan fingerprint density at radius 2 is 1.96 bits per heavy atom. The van der Waals surface area contributed by atoms with Crippen LogP contribution >= 0.6 is 0 Å². The van der Waals surface area contributed by atoms with Gasteiger partial charge in [0.2, 0.25) is 0 Å². The minimum absolute atomic E-state index is 0.0222. The van der Waals surface area contributed by atoms with Crippen molar-refractivity contribution in [2.75, 3.05) is 6.61 Å². The summed E-state index contributed by atoms with van der Waals surface area (Å²) in [6.45, 7) is 9.66. The Morgan fingerprint density at radius 3 is 2.48 bits per heavy atom. The van der Waals surface area contributed by atoms with E-state index < -0.39 is 35.9 Å². The van der Waals surface area contributed by atoms with Gasteiger partial charge >= 0.3 is 13.1 Å². The van der Waals surface area contributed by atoms with Crippen molar-refractivity contribution >= 4 is 13.1 Å². The molecule has 1 fully saturated rings. The highest BCUT2D eigenvalue weighted by molar-refractivity contribution is 6.48.